The summed E-state index contributed by atoms with van der Waals surface area (Å²) in [6.07, 6.45) is 0. The van der Waals surface area contributed by atoms with Crippen LogP contribution in [0.2, 0.25) is 0 Å². The summed E-state index contributed by atoms with van der Waals surface area (Å²) in [6, 6.07) is 36.2. The molecule has 0 aliphatic heterocycles. The summed E-state index contributed by atoms with van der Waals surface area (Å²) >= 11 is 0. The van der Waals surface area contributed by atoms with Gasteiger partial charge in [0.05, 0.1) is 0 Å². The molecule has 0 aromatic heterocycles. The Kier molecular flexibility index (Phi) is 2.49. The molecule has 136 valence electrons. The molecule has 7 aromatic carbocycles. The number of hydrogen-bond donors (Lipinski definition) is 0. The van der Waals surface area contributed by atoms with E-state index in [0.29, 0.717) is 0 Å². The van der Waals surface area contributed by atoms with E-state index in [-0.39, 0.29) is 0 Å². The van der Waals surface area contributed by atoms with Crippen molar-refractivity contribution < 1.29 is 0 Å². The first-order valence-corrected chi connectivity index (χ1v) is 10.5. The monoisotopic (exact) mass is 376 g/mol. The van der Waals surface area contributed by atoms with Gasteiger partial charge >= 0.3 is 0 Å². The van der Waals surface area contributed by atoms with Crippen LogP contribution in [0.4, 0.5) is 0 Å². The summed E-state index contributed by atoms with van der Waals surface area (Å²) in [4.78, 5) is 0. The Hall–Kier alpha value is -3.90. The summed E-state index contributed by atoms with van der Waals surface area (Å²) in [7, 11) is 0. The van der Waals surface area contributed by atoms with Crippen LogP contribution in [0.3, 0.4) is 0 Å². The van der Waals surface area contributed by atoms with Crippen molar-refractivity contribution in [2.45, 2.75) is 0 Å². The second kappa shape index (κ2) is 4.98. The molecule has 0 saturated heterocycles. The summed E-state index contributed by atoms with van der Waals surface area (Å²) in [5, 5.41) is 13.7. The van der Waals surface area contributed by atoms with Crippen LogP contribution in [0.15, 0.2) is 97.1 Å². The highest BCUT2D eigenvalue weighted by Crippen LogP contribution is 2.53. The highest BCUT2D eigenvalue weighted by molar-refractivity contribution is 6.39. The van der Waals surface area contributed by atoms with E-state index in [1.54, 1.807) is 0 Å². The Labute approximate surface area is 173 Å². The van der Waals surface area contributed by atoms with Gasteiger partial charge in [-0.05, 0) is 82.2 Å². The van der Waals surface area contributed by atoms with Crippen LogP contribution in [0, 0.1) is 0 Å². The van der Waals surface area contributed by atoms with E-state index in [9.17, 15) is 0 Å². The standard InChI is InChI=1S/C30H16/c1-2-10-22-20(9-1)21-11-5-8-19-16-25-23-12-3-6-17-14-15-18-7-4-13-24(27(18)26(17)23)29(25)30(22)28(19)21/h1-16H. The molecule has 7 aromatic rings. The fourth-order valence-electron chi connectivity index (χ4n) is 5.97. The van der Waals surface area contributed by atoms with Crippen molar-refractivity contribution in [3.05, 3.63) is 97.1 Å². The van der Waals surface area contributed by atoms with E-state index >= 15 is 0 Å². The minimum Gasteiger partial charge on any atom is -0.0616 e. The Morgan fingerprint density at radius 3 is 1.80 bits per heavy atom. The molecule has 0 spiro atoms. The molecule has 0 heterocycles. The largest absolute Gasteiger partial charge is 0.0616 e. The van der Waals surface area contributed by atoms with Gasteiger partial charge in [0.2, 0.25) is 0 Å². The third-order valence-corrected chi connectivity index (χ3v) is 7.10. The molecule has 30 heavy (non-hydrogen) atoms. The Balaban J connectivity index is 1.81. The third kappa shape index (κ3) is 1.58. The normalized spacial score (nSPS) is 12.7. The smallest absolute Gasteiger partial charge is 0.000785 e. The summed E-state index contributed by atoms with van der Waals surface area (Å²) in [6.45, 7) is 0. The molecule has 0 saturated carbocycles. The maximum Gasteiger partial charge on any atom is -0.000785 e. The minimum absolute atomic E-state index is 1.32. The van der Waals surface area contributed by atoms with Gasteiger partial charge < -0.3 is 0 Å². The maximum atomic E-state index is 2.42. The Morgan fingerprint density at radius 2 is 0.967 bits per heavy atom. The first-order chi connectivity index (χ1) is 14.9. The molecule has 0 fully saturated rings. The lowest BCUT2D eigenvalue weighted by Gasteiger charge is -2.17. The molecule has 0 heteroatoms. The molecule has 0 nitrogen and oxygen atoms in total. The van der Waals surface area contributed by atoms with Crippen molar-refractivity contribution in [1.82, 2.24) is 0 Å². The van der Waals surface area contributed by atoms with Gasteiger partial charge in [-0.25, -0.2) is 0 Å². The first kappa shape index (κ1) is 15.0. The molecule has 0 radical (unpaired) electrons. The predicted molar refractivity (Wildman–Crippen MR) is 130 cm³/mol. The van der Waals surface area contributed by atoms with Crippen LogP contribution in [0.5, 0.6) is 0 Å². The van der Waals surface area contributed by atoms with Gasteiger partial charge in [-0.3, -0.25) is 0 Å². The van der Waals surface area contributed by atoms with Crippen molar-refractivity contribution in [2.24, 2.45) is 0 Å². The van der Waals surface area contributed by atoms with E-state index in [0.717, 1.165) is 0 Å². The van der Waals surface area contributed by atoms with Crippen molar-refractivity contribution in [3.63, 3.8) is 0 Å². The maximum absolute atomic E-state index is 2.42. The van der Waals surface area contributed by atoms with Crippen LogP contribution in [-0.4, -0.2) is 0 Å². The molecule has 0 atom stereocenters. The molecule has 0 unspecified atom stereocenters. The van der Waals surface area contributed by atoms with Crippen LogP contribution < -0.4 is 0 Å². The van der Waals surface area contributed by atoms with Gasteiger partial charge in [0.1, 0.15) is 0 Å². The second-order valence-electron chi connectivity index (χ2n) is 8.50. The van der Waals surface area contributed by atoms with Gasteiger partial charge in [0.15, 0.2) is 0 Å². The second-order valence-corrected chi connectivity index (χ2v) is 8.50. The van der Waals surface area contributed by atoms with Crippen molar-refractivity contribution >= 4 is 53.9 Å². The Bertz CT molecular complexity index is 1840. The lowest BCUT2D eigenvalue weighted by atomic mass is 9.85. The number of rotatable bonds is 0. The molecular weight excluding hydrogens is 360 g/mol. The molecular formula is C30H16. The van der Waals surface area contributed by atoms with Crippen molar-refractivity contribution in [3.8, 4) is 22.3 Å². The van der Waals surface area contributed by atoms with Crippen molar-refractivity contribution in [2.75, 3.05) is 0 Å². The van der Waals surface area contributed by atoms with Gasteiger partial charge in [-0.2, -0.15) is 0 Å². The fourth-order valence-corrected chi connectivity index (χ4v) is 5.97. The van der Waals surface area contributed by atoms with E-state index in [1.165, 1.54) is 76.1 Å². The van der Waals surface area contributed by atoms with Gasteiger partial charge in [-0.15, -0.1) is 0 Å². The number of hydrogen-bond acceptors (Lipinski definition) is 0. The van der Waals surface area contributed by atoms with Gasteiger partial charge in [-0.1, -0.05) is 91.0 Å². The molecule has 0 N–H and O–H groups in total. The van der Waals surface area contributed by atoms with Gasteiger partial charge in [0, 0.05) is 0 Å². The molecule has 0 amide bonds. The minimum atomic E-state index is 1.32. The topological polar surface area (TPSA) is 0 Å². The van der Waals surface area contributed by atoms with E-state index < -0.39 is 0 Å². The lowest BCUT2D eigenvalue weighted by Crippen LogP contribution is -1.89. The zero-order valence-corrected chi connectivity index (χ0v) is 16.2. The summed E-state index contributed by atoms with van der Waals surface area (Å²) < 4.78 is 0. The summed E-state index contributed by atoms with van der Waals surface area (Å²) in [5.74, 6) is 0. The van der Waals surface area contributed by atoms with Crippen LogP contribution in [0.1, 0.15) is 0 Å². The predicted octanol–water partition coefficient (Wildman–Crippen LogP) is 8.54. The Morgan fingerprint density at radius 1 is 0.333 bits per heavy atom. The van der Waals surface area contributed by atoms with Crippen LogP contribution in [-0.2, 0) is 0 Å². The molecule has 0 bridgehead atoms. The van der Waals surface area contributed by atoms with Gasteiger partial charge in [0.25, 0.3) is 0 Å². The van der Waals surface area contributed by atoms with Crippen LogP contribution >= 0.6 is 0 Å². The molecule has 8 rings (SSSR count). The fraction of sp³-hybridized carbons (Fsp3) is 0. The van der Waals surface area contributed by atoms with E-state index in [2.05, 4.69) is 97.1 Å². The highest BCUT2D eigenvalue weighted by atomic mass is 14.3. The van der Waals surface area contributed by atoms with Crippen molar-refractivity contribution in [1.29, 1.82) is 0 Å². The number of fused-ring (bicyclic) bond motifs is 7. The average Bonchev–Trinajstić information content (AvgIpc) is 3.14. The zero-order chi connectivity index (χ0) is 19.4. The van der Waals surface area contributed by atoms with Crippen LogP contribution in [0.25, 0.3) is 76.1 Å². The lowest BCUT2D eigenvalue weighted by molar-refractivity contribution is 1.70. The third-order valence-electron chi connectivity index (χ3n) is 7.10. The molecule has 1 aliphatic carbocycles. The zero-order valence-electron chi connectivity index (χ0n) is 16.2. The van der Waals surface area contributed by atoms with E-state index in [1.807, 2.05) is 0 Å². The molecule has 1 aliphatic rings. The van der Waals surface area contributed by atoms with E-state index in [4.69, 9.17) is 0 Å². The highest BCUT2D eigenvalue weighted by Gasteiger charge is 2.25. The summed E-state index contributed by atoms with van der Waals surface area (Å²) in [5.41, 5.74) is 5.50. The quantitative estimate of drug-likeness (QED) is 0.184. The SMILES string of the molecule is c1ccc2c(c1)-c1cccc3cc4c5cccc6ccc7cccc(c4c-2c13)c7c65. The average molecular weight is 376 g/mol. The first-order valence-electron chi connectivity index (χ1n) is 10.5. The number of benzene rings is 7.